The van der Waals surface area contributed by atoms with Crippen LogP contribution in [0.25, 0.3) is 0 Å². The summed E-state index contributed by atoms with van der Waals surface area (Å²) in [5.41, 5.74) is -1.67. The highest BCUT2D eigenvalue weighted by Crippen LogP contribution is 2.54. The zero-order chi connectivity index (χ0) is 23.9. The lowest BCUT2D eigenvalue weighted by Crippen LogP contribution is -2.55. The number of rotatable bonds is 7. The van der Waals surface area contributed by atoms with Crippen LogP contribution in [-0.4, -0.2) is 55.5 Å². The first-order valence-corrected chi connectivity index (χ1v) is 11.5. The fraction of sp³-hybridized carbons (Fsp3) is 0.650. The lowest BCUT2D eigenvalue weighted by Gasteiger charge is -2.46. The summed E-state index contributed by atoms with van der Waals surface area (Å²) in [7, 11) is -4.59. The molecule has 2 fully saturated rings. The number of carbonyl (C=O) groups excluding carboxylic acids is 1. The van der Waals surface area contributed by atoms with Crippen molar-refractivity contribution in [2.24, 2.45) is 5.41 Å². The summed E-state index contributed by atoms with van der Waals surface area (Å²) < 4.78 is 91.9. The van der Waals surface area contributed by atoms with Crippen molar-refractivity contribution in [3.63, 3.8) is 0 Å². The highest BCUT2D eigenvalue weighted by Gasteiger charge is 2.60. The number of esters is 1. The molecule has 0 amide bonds. The summed E-state index contributed by atoms with van der Waals surface area (Å²) in [5, 5.41) is 0. The van der Waals surface area contributed by atoms with E-state index >= 15 is 0 Å². The van der Waals surface area contributed by atoms with Crippen molar-refractivity contribution >= 4 is 16.1 Å². The fourth-order valence-corrected chi connectivity index (χ4v) is 4.45. The molecule has 0 aliphatic carbocycles. The van der Waals surface area contributed by atoms with Gasteiger partial charge in [-0.2, -0.15) is 0 Å². The van der Waals surface area contributed by atoms with Crippen LogP contribution in [0.4, 0.5) is 13.2 Å². The molecule has 1 aromatic rings. The Balaban J connectivity index is 1.92. The zero-order valence-corrected chi connectivity index (χ0v) is 18.5. The molecule has 2 heterocycles. The van der Waals surface area contributed by atoms with Gasteiger partial charge in [0.1, 0.15) is 12.2 Å². The van der Waals surface area contributed by atoms with Crippen LogP contribution in [0.3, 0.4) is 0 Å². The van der Waals surface area contributed by atoms with Crippen LogP contribution >= 0.6 is 0 Å². The van der Waals surface area contributed by atoms with Gasteiger partial charge < -0.3 is 23.5 Å². The number of hydrogen-bond donors (Lipinski definition) is 0. The maximum Gasteiger partial charge on any atom is 0.573 e. The molecular formula is C20H24F3O8S-. The molecule has 0 saturated carbocycles. The Hall–Kier alpha value is -2.05. The molecule has 180 valence electrons. The number of carbonyl (C=O) groups is 1. The molecule has 0 aromatic heterocycles. The van der Waals surface area contributed by atoms with Crippen LogP contribution in [0.5, 0.6) is 11.5 Å². The van der Waals surface area contributed by atoms with E-state index in [0.717, 1.165) is 24.6 Å². The lowest BCUT2D eigenvalue weighted by molar-refractivity contribution is -0.275. The summed E-state index contributed by atoms with van der Waals surface area (Å²) in [5.74, 6) is -2.90. The molecule has 0 spiro atoms. The molecule has 2 bridgehead atoms. The average Bonchev–Trinajstić information content (AvgIpc) is 3.22. The Kier molecular flexibility index (Phi) is 6.44. The van der Waals surface area contributed by atoms with Crippen molar-refractivity contribution in [3.05, 3.63) is 23.8 Å². The second kappa shape index (κ2) is 8.38. The normalized spacial score (nSPS) is 25.6. The lowest BCUT2D eigenvalue weighted by atomic mass is 9.68. The van der Waals surface area contributed by atoms with Crippen LogP contribution < -0.4 is 9.47 Å². The Morgan fingerprint density at radius 1 is 1.22 bits per heavy atom. The SMILES string of the molecule is CC(C)(C)C1(Oc2cc(C(=O)OCCS(=O)(=O)[O-])ccc2OC(F)(F)F)CC2CCC1O2. The van der Waals surface area contributed by atoms with E-state index in [1.54, 1.807) is 0 Å². The third kappa shape index (κ3) is 5.46. The minimum absolute atomic E-state index is 0.0756. The van der Waals surface area contributed by atoms with Crippen molar-refractivity contribution in [3.8, 4) is 11.5 Å². The third-order valence-corrected chi connectivity index (χ3v) is 6.36. The van der Waals surface area contributed by atoms with Crippen molar-refractivity contribution in [1.82, 2.24) is 0 Å². The van der Waals surface area contributed by atoms with Crippen molar-refractivity contribution < 1.29 is 49.9 Å². The molecule has 32 heavy (non-hydrogen) atoms. The summed E-state index contributed by atoms with van der Waals surface area (Å²) in [6.07, 6.45) is -3.45. The topological polar surface area (TPSA) is 111 Å². The van der Waals surface area contributed by atoms with Gasteiger partial charge in [0.2, 0.25) is 0 Å². The molecule has 2 aliphatic heterocycles. The number of alkyl halides is 3. The van der Waals surface area contributed by atoms with Gasteiger partial charge in [0, 0.05) is 11.8 Å². The second-order valence-electron chi connectivity index (χ2n) is 8.88. The first-order valence-electron chi connectivity index (χ1n) is 9.95. The van der Waals surface area contributed by atoms with E-state index in [1.807, 2.05) is 20.8 Å². The molecule has 2 saturated heterocycles. The Morgan fingerprint density at radius 2 is 1.91 bits per heavy atom. The smallest absolute Gasteiger partial charge is 0.573 e. The quantitative estimate of drug-likeness (QED) is 0.430. The molecule has 3 rings (SSSR count). The van der Waals surface area contributed by atoms with Gasteiger partial charge in [-0.05, 0) is 31.0 Å². The predicted octanol–water partition coefficient (Wildman–Crippen LogP) is 3.40. The number of benzene rings is 1. The van der Waals surface area contributed by atoms with Crippen LogP contribution in [-0.2, 0) is 19.6 Å². The van der Waals surface area contributed by atoms with Gasteiger partial charge in [-0.1, -0.05) is 20.8 Å². The van der Waals surface area contributed by atoms with E-state index in [4.69, 9.17) is 14.2 Å². The highest BCUT2D eigenvalue weighted by atomic mass is 32.2. The zero-order valence-electron chi connectivity index (χ0n) is 17.7. The molecular weight excluding hydrogens is 457 g/mol. The first-order chi connectivity index (χ1) is 14.6. The fourth-order valence-electron chi connectivity index (χ4n) is 4.16. The molecule has 8 nitrogen and oxygen atoms in total. The molecule has 1 aromatic carbocycles. The molecule has 3 atom stereocenters. The van der Waals surface area contributed by atoms with Gasteiger partial charge in [0.15, 0.2) is 11.5 Å². The van der Waals surface area contributed by atoms with E-state index in [-0.39, 0.29) is 23.5 Å². The summed E-state index contributed by atoms with van der Waals surface area (Å²) in [6.45, 7) is 4.99. The van der Waals surface area contributed by atoms with Crippen molar-refractivity contribution in [2.75, 3.05) is 12.4 Å². The number of ether oxygens (including phenoxy) is 4. The minimum Gasteiger partial charge on any atom is -0.748 e. The Bertz CT molecular complexity index is 970. The van der Waals surface area contributed by atoms with Gasteiger partial charge in [0.25, 0.3) is 0 Å². The largest absolute Gasteiger partial charge is 0.748 e. The summed E-state index contributed by atoms with van der Waals surface area (Å²) >= 11 is 0. The third-order valence-electron chi connectivity index (χ3n) is 5.69. The van der Waals surface area contributed by atoms with Gasteiger partial charge in [-0.3, -0.25) is 0 Å². The molecule has 3 unspecified atom stereocenters. The molecule has 0 radical (unpaired) electrons. The number of fused-ring (bicyclic) bond motifs is 2. The van der Waals surface area contributed by atoms with E-state index in [9.17, 15) is 30.9 Å². The maximum absolute atomic E-state index is 13.0. The van der Waals surface area contributed by atoms with Crippen molar-refractivity contribution in [1.29, 1.82) is 0 Å². The summed E-state index contributed by atoms with van der Waals surface area (Å²) in [6, 6.07) is 3.01. The van der Waals surface area contributed by atoms with E-state index in [0.29, 0.717) is 12.8 Å². The molecule has 2 aliphatic rings. The van der Waals surface area contributed by atoms with Crippen LogP contribution in [0, 0.1) is 5.41 Å². The second-order valence-corrected chi connectivity index (χ2v) is 10.4. The molecule has 12 heteroatoms. The van der Waals surface area contributed by atoms with E-state index < -0.39 is 51.6 Å². The van der Waals surface area contributed by atoms with E-state index in [2.05, 4.69) is 4.74 Å². The van der Waals surface area contributed by atoms with Crippen LogP contribution in [0.1, 0.15) is 50.4 Å². The number of halogens is 3. The highest BCUT2D eigenvalue weighted by molar-refractivity contribution is 7.85. The van der Waals surface area contributed by atoms with E-state index in [1.165, 1.54) is 0 Å². The maximum atomic E-state index is 13.0. The van der Waals surface area contributed by atoms with Gasteiger partial charge in [0.05, 0.1) is 33.6 Å². The minimum atomic E-state index is -5.00. The average molecular weight is 481 g/mol. The van der Waals surface area contributed by atoms with Crippen LogP contribution in [0.2, 0.25) is 0 Å². The standard InChI is InChI=1S/C20H25F3O8S/c1-18(2,3)19(11-13-5-7-16(19)29-13)30-15-10-12(4-6-14(15)31-20(21,22)23)17(24)28-8-9-32(25,26)27/h4,6,10,13,16H,5,7-9,11H2,1-3H3,(H,25,26,27)/p-1. The predicted molar refractivity (Wildman–Crippen MR) is 103 cm³/mol. The Morgan fingerprint density at radius 3 is 2.41 bits per heavy atom. The molecule has 0 N–H and O–H groups in total. The van der Waals surface area contributed by atoms with Crippen molar-refractivity contribution in [2.45, 2.75) is 64.2 Å². The monoisotopic (exact) mass is 481 g/mol. The Labute approximate surface area is 183 Å². The van der Waals surface area contributed by atoms with Gasteiger partial charge in [-0.15, -0.1) is 13.2 Å². The summed E-state index contributed by atoms with van der Waals surface area (Å²) in [4.78, 5) is 12.3. The van der Waals surface area contributed by atoms with Gasteiger partial charge >= 0.3 is 12.3 Å². The van der Waals surface area contributed by atoms with Crippen LogP contribution in [0.15, 0.2) is 18.2 Å². The number of hydrogen-bond acceptors (Lipinski definition) is 8. The van der Waals surface area contributed by atoms with Gasteiger partial charge in [-0.25, -0.2) is 13.2 Å². The first kappa shape index (κ1) is 24.6.